The van der Waals surface area contributed by atoms with Gasteiger partial charge in [-0.1, -0.05) is 12.8 Å². The molecule has 0 amide bonds. The highest BCUT2D eigenvalue weighted by atomic mass is 127. The van der Waals surface area contributed by atoms with E-state index in [0.29, 0.717) is 25.0 Å². The van der Waals surface area contributed by atoms with Crippen LogP contribution in [0.1, 0.15) is 52.4 Å². The van der Waals surface area contributed by atoms with E-state index in [1.807, 2.05) is 6.92 Å². The van der Waals surface area contributed by atoms with Crippen molar-refractivity contribution in [3.05, 3.63) is 0 Å². The van der Waals surface area contributed by atoms with Crippen molar-refractivity contribution in [1.82, 2.24) is 10.6 Å². The van der Waals surface area contributed by atoms with Gasteiger partial charge in [0.15, 0.2) is 15.8 Å². The first-order chi connectivity index (χ1) is 11.5. The van der Waals surface area contributed by atoms with Crippen LogP contribution in [0.3, 0.4) is 0 Å². The van der Waals surface area contributed by atoms with Crippen LogP contribution < -0.4 is 10.6 Å². The lowest BCUT2D eigenvalue weighted by Gasteiger charge is -2.23. The summed E-state index contributed by atoms with van der Waals surface area (Å²) in [6.07, 6.45) is 7.07. The number of guanidine groups is 1. The third kappa shape index (κ3) is 7.99. The van der Waals surface area contributed by atoms with Crippen molar-refractivity contribution in [2.75, 3.05) is 31.2 Å². The normalized spacial score (nSPS) is 24.7. The molecule has 2 aliphatic rings. The van der Waals surface area contributed by atoms with E-state index >= 15 is 0 Å². The number of nitrogens with zero attached hydrogens (tertiary/aromatic N) is 1. The standard InChI is InChI=1S/C17H33N3O3S.HI/c1-3-18-17(20-15-10-12-24(21,22)13-15)19-11-9-16(23-4-2)14-7-5-6-8-14;/h14-16H,3-13H2,1-2H3,(H2,18,19,20);1H. The fourth-order valence-corrected chi connectivity index (χ4v) is 5.40. The molecule has 148 valence electrons. The number of rotatable bonds is 8. The second-order valence-electron chi connectivity index (χ2n) is 6.83. The van der Waals surface area contributed by atoms with Crippen LogP contribution in [0.2, 0.25) is 0 Å². The number of sulfone groups is 1. The van der Waals surface area contributed by atoms with Crippen molar-refractivity contribution in [3.8, 4) is 0 Å². The topological polar surface area (TPSA) is 79.8 Å². The van der Waals surface area contributed by atoms with Gasteiger partial charge in [-0.2, -0.15) is 0 Å². The molecule has 2 atom stereocenters. The fraction of sp³-hybridized carbons (Fsp3) is 0.941. The second-order valence-corrected chi connectivity index (χ2v) is 9.06. The van der Waals surface area contributed by atoms with Crippen LogP contribution in [0.5, 0.6) is 0 Å². The molecule has 0 aromatic rings. The summed E-state index contributed by atoms with van der Waals surface area (Å²) in [5.41, 5.74) is 0. The van der Waals surface area contributed by atoms with Crippen LogP contribution in [0, 0.1) is 5.92 Å². The van der Waals surface area contributed by atoms with Gasteiger partial charge in [-0.15, -0.1) is 24.0 Å². The molecule has 1 saturated carbocycles. The van der Waals surface area contributed by atoms with Crippen molar-refractivity contribution >= 4 is 39.8 Å². The molecule has 25 heavy (non-hydrogen) atoms. The van der Waals surface area contributed by atoms with Gasteiger partial charge in [0.05, 0.1) is 17.6 Å². The molecule has 6 nitrogen and oxygen atoms in total. The van der Waals surface area contributed by atoms with Crippen LogP contribution in [0.15, 0.2) is 4.99 Å². The average Bonchev–Trinajstić information content (AvgIpc) is 3.16. The SMILES string of the molecule is CCNC(=NCCC(OCC)C1CCCC1)NC1CCS(=O)(=O)C1.I. The Bertz CT molecular complexity index is 507. The Morgan fingerprint density at radius 2 is 1.96 bits per heavy atom. The Morgan fingerprint density at radius 1 is 1.24 bits per heavy atom. The average molecular weight is 487 g/mol. The lowest BCUT2D eigenvalue weighted by Crippen LogP contribution is -2.44. The van der Waals surface area contributed by atoms with Gasteiger partial charge in [-0.3, -0.25) is 4.99 Å². The molecule has 2 fully saturated rings. The molecule has 1 heterocycles. The van der Waals surface area contributed by atoms with Crippen LogP contribution >= 0.6 is 24.0 Å². The first kappa shape index (κ1) is 23.0. The maximum absolute atomic E-state index is 11.6. The van der Waals surface area contributed by atoms with Gasteiger partial charge in [0.25, 0.3) is 0 Å². The second kappa shape index (κ2) is 11.6. The van der Waals surface area contributed by atoms with E-state index in [1.54, 1.807) is 0 Å². The molecule has 0 aromatic heterocycles. The number of nitrogens with one attached hydrogen (secondary N) is 2. The van der Waals surface area contributed by atoms with Gasteiger partial charge in [0.2, 0.25) is 0 Å². The van der Waals surface area contributed by atoms with E-state index < -0.39 is 9.84 Å². The summed E-state index contributed by atoms with van der Waals surface area (Å²) in [5, 5.41) is 6.48. The van der Waals surface area contributed by atoms with Crippen molar-refractivity contribution in [1.29, 1.82) is 0 Å². The number of hydrogen-bond acceptors (Lipinski definition) is 4. The monoisotopic (exact) mass is 487 g/mol. The molecule has 1 saturated heterocycles. The maximum atomic E-state index is 11.6. The van der Waals surface area contributed by atoms with Gasteiger partial charge >= 0.3 is 0 Å². The first-order valence-corrected chi connectivity index (χ1v) is 11.2. The molecule has 1 aliphatic carbocycles. The lowest BCUT2D eigenvalue weighted by molar-refractivity contribution is 0.0177. The number of aliphatic imine (C=N–C) groups is 1. The summed E-state index contributed by atoms with van der Waals surface area (Å²) < 4.78 is 29.1. The highest BCUT2D eigenvalue weighted by Crippen LogP contribution is 2.30. The third-order valence-electron chi connectivity index (χ3n) is 4.91. The summed E-state index contributed by atoms with van der Waals surface area (Å²) in [5.74, 6) is 1.89. The first-order valence-electron chi connectivity index (χ1n) is 9.41. The van der Waals surface area contributed by atoms with Gasteiger partial charge in [0.1, 0.15) is 0 Å². The molecule has 0 aromatic carbocycles. The molecular formula is C17H34IN3O3S. The van der Waals surface area contributed by atoms with E-state index in [2.05, 4.69) is 22.5 Å². The van der Waals surface area contributed by atoms with Gasteiger partial charge in [-0.05, 0) is 45.4 Å². The Morgan fingerprint density at radius 3 is 2.52 bits per heavy atom. The van der Waals surface area contributed by atoms with E-state index in [1.165, 1.54) is 25.7 Å². The molecule has 2 N–H and O–H groups in total. The van der Waals surface area contributed by atoms with Gasteiger partial charge < -0.3 is 15.4 Å². The van der Waals surface area contributed by atoms with Crippen LogP contribution in [0.25, 0.3) is 0 Å². The Labute approximate surface area is 169 Å². The minimum atomic E-state index is -2.87. The molecule has 0 radical (unpaired) electrons. The summed E-state index contributed by atoms with van der Waals surface area (Å²) >= 11 is 0. The van der Waals surface area contributed by atoms with Crippen molar-refractivity contribution in [2.24, 2.45) is 10.9 Å². The van der Waals surface area contributed by atoms with E-state index in [4.69, 9.17) is 4.74 Å². The number of halogens is 1. The van der Waals surface area contributed by atoms with Gasteiger partial charge in [0, 0.05) is 25.7 Å². The summed E-state index contributed by atoms with van der Waals surface area (Å²) in [7, 11) is -2.87. The van der Waals surface area contributed by atoms with Crippen LogP contribution in [0.4, 0.5) is 0 Å². The molecular weight excluding hydrogens is 453 g/mol. The zero-order valence-electron chi connectivity index (χ0n) is 15.5. The molecule has 0 spiro atoms. The fourth-order valence-electron chi connectivity index (χ4n) is 3.72. The molecule has 8 heteroatoms. The summed E-state index contributed by atoms with van der Waals surface area (Å²) in [6, 6.07) is -0.0229. The molecule has 1 aliphatic heterocycles. The molecule has 2 rings (SSSR count). The number of ether oxygens (including phenoxy) is 1. The van der Waals surface area contributed by atoms with Crippen LogP contribution in [-0.2, 0) is 14.6 Å². The molecule has 2 unspecified atom stereocenters. The Hall–Kier alpha value is -0.0900. The van der Waals surface area contributed by atoms with E-state index in [-0.39, 0.29) is 41.5 Å². The van der Waals surface area contributed by atoms with E-state index in [0.717, 1.165) is 25.5 Å². The highest BCUT2D eigenvalue weighted by molar-refractivity contribution is 14.0. The highest BCUT2D eigenvalue weighted by Gasteiger charge is 2.28. The van der Waals surface area contributed by atoms with Crippen LogP contribution in [-0.4, -0.2) is 57.7 Å². The summed E-state index contributed by atoms with van der Waals surface area (Å²) in [6.45, 7) is 6.30. The van der Waals surface area contributed by atoms with E-state index in [9.17, 15) is 8.42 Å². The largest absolute Gasteiger partial charge is 0.378 e. The predicted molar refractivity (Wildman–Crippen MR) is 114 cm³/mol. The number of hydrogen-bond donors (Lipinski definition) is 2. The Kier molecular flexibility index (Phi) is 10.6. The summed E-state index contributed by atoms with van der Waals surface area (Å²) in [4.78, 5) is 4.64. The Balaban J connectivity index is 0.00000312. The maximum Gasteiger partial charge on any atom is 0.191 e. The minimum Gasteiger partial charge on any atom is -0.378 e. The van der Waals surface area contributed by atoms with Crippen molar-refractivity contribution in [3.63, 3.8) is 0 Å². The van der Waals surface area contributed by atoms with Gasteiger partial charge in [-0.25, -0.2) is 8.42 Å². The van der Waals surface area contributed by atoms with Crippen molar-refractivity contribution < 1.29 is 13.2 Å². The lowest BCUT2D eigenvalue weighted by atomic mass is 9.98. The van der Waals surface area contributed by atoms with Crippen molar-refractivity contribution in [2.45, 2.75) is 64.5 Å². The zero-order valence-corrected chi connectivity index (χ0v) is 18.6. The minimum absolute atomic E-state index is 0. The smallest absolute Gasteiger partial charge is 0.191 e. The quantitative estimate of drug-likeness (QED) is 0.312. The third-order valence-corrected chi connectivity index (χ3v) is 6.68. The zero-order chi connectivity index (χ0) is 17.4. The molecule has 0 bridgehead atoms. The predicted octanol–water partition coefficient (Wildman–Crippen LogP) is 2.33.